The molecule has 1 saturated heterocycles. The fourth-order valence-corrected chi connectivity index (χ4v) is 3.62. The minimum atomic E-state index is -0.164. The highest BCUT2D eigenvalue weighted by Crippen LogP contribution is 2.35. The Balaban J connectivity index is 2.10. The molecule has 0 unspecified atom stereocenters. The molecule has 1 atom stereocenters. The summed E-state index contributed by atoms with van der Waals surface area (Å²) in [5, 5.41) is 3.04. The molecule has 128 valence electrons. The Morgan fingerprint density at radius 2 is 2.17 bits per heavy atom. The number of nitrogens with one attached hydrogen (secondary N) is 1. The third kappa shape index (κ3) is 4.18. The minimum Gasteiger partial charge on any atom is -0.496 e. The van der Waals surface area contributed by atoms with Crippen molar-refractivity contribution < 1.29 is 14.3 Å². The average Bonchev–Trinajstić information content (AvgIpc) is 3.00. The van der Waals surface area contributed by atoms with Gasteiger partial charge in [-0.25, -0.2) is 0 Å². The summed E-state index contributed by atoms with van der Waals surface area (Å²) >= 11 is 3.42. The van der Waals surface area contributed by atoms with E-state index in [0.717, 1.165) is 30.4 Å². The maximum absolute atomic E-state index is 12.7. The molecule has 6 heteroatoms. The number of carbonyl (C=O) groups excluding carboxylic acids is 1. The molecule has 23 heavy (non-hydrogen) atoms. The molecule has 0 spiro atoms. The highest BCUT2D eigenvalue weighted by atomic mass is 79.9. The summed E-state index contributed by atoms with van der Waals surface area (Å²) in [6.07, 6.45) is 3.47. The molecule has 5 nitrogen and oxygen atoms in total. The predicted octanol–water partition coefficient (Wildman–Crippen LogP) is 3.07. The van der Waals surface area contributed by atoms with Crippen LogP contribution in [0.1, 0.15) is 36.5 Å². The quantitative estimate of drug-likeness (QED) is 0.784. The summed E-state index contributed by atoms with van der Waals surface area (Å²) < 4.78 is 11.4. The second kappa shape index (κ2) is 8.55. The van der Waals surface area contributed by atoms with Crippen molar-refractivity contribution >= 4 is 21.8 Å². The number of carbonyl (C=O) groups is 1. The van der Waals surface area contributed by atoms with E-state index in [1.807, 2.05) is 6.07 Å². The van der Waals surface area contributed by atoms with Gasteiger partial charge in [-0.05, 0) is 60.4 Å². The van der Waals surface area contributed by atoms with E-state index in [1.54, 1.807) is 20.3 Å². The van der Waals surface area contributed by atoms with Gasteiger partial charge in [0.2, 0.25) is 0 Å². The van der Waals surface area contributed by atoms with E-state index in [2.05, 4.69) is 33.1 Å². The van der Waals surface area contributed by atoms with Crippen LogP contribution < -0.4 is 14.8 Å². The molecule has 0 aromatic heterocycles. The lowest BCUT2D eigenvalue weighted by Crippen LogP contribution is -2.40. The number of nitrogens with zero attached hydrogens (tertiary/aromatic N) is 1. The van der Waals surface area contributed by atoms with Crippen molar-refractivity contribution in [1.82, 2.24) is 10.2 Å². The standard InChI is InChI=1S/C17H25BrN2O3/c1-4-9-20-10-5-6-12(20)11-19-17(21)15-14(22-2)8-7-13(18)16(15)23-3/h7-8,12H,4-6,9-11H2,1-3H3,(H,19,21)/t12-/m0/s1. The molecule has 1 aliphatic rings. The summed E-state index contributed by atoms with van der Waals surface area (Å²) in [6.45, 7) is 5.05. The Labute approximate surface area is 146 Å². The lowest BCUT2D eigenvalue weighted by Gasteiger charge is -2.24. The fraction of sp³-hybridized carbons (Fsp3) is 0.588. The molecule has 0 saturated carbocycles. The maximum Gasteiger partial charge on any atom is 0.258 e. The van der Waals surface area contributed by atoms with Gasteiger partial charge in [-0.2, -0.15) is 0 Å². The van der Waals surface area contributed by atoms with E-state index in [4.69, 9.17) is 9.47 Å². The first-order valence-corrected chi connectivity index (χ1v) is 8.84. The lowest BCUT2D eigenvalue weighted by atomic mass is 10.1. The van der Waals surface area contributed by atoms with Crippen LogP contribution in [-0.4, -0.2) is 50.7 Å². The first-order valence-electron chi connectivity index (χ1n) is 8.05. The van der Waals surface area contributed by atoms with Gasteiger partial charge >= 0.3 is 0 Å². The molecular formula is C17H25BrN2O3. The molecule has 1 fully saturated rings. The smallest absolute Gasteiger partial charge is 0.258 e. The first kappa shape index (κ1) is 18.1. The largest absolute Gasteiger partial charge is 0.496 e. The molecule has 1 aromatic rings. The van der Waals surface area contributed by atoms with E-state index >= 15 is 0 Å². The van der Waals surface area contributed by atoms with Crippen LogP contribution in [0.25, 0.3) is 0 Å². The zero-order valence-electron chi connectivity index (χ0n) is 14.0. The molecule has 1 N–H and O–H groups in total. The minimum absolute atomic E-state index is 0.164. The molecule has 1 amide bonds. The fourth-order valence-electron chi connectivity index (χ4n) is 3.13. The normalized spacial score (nSPS) is 18.0. The lowest BCUT2D eigenvalue weighted by molar-refractivity contribution is 0.0934. The van der Waals surface area contributed by atoms with Crippen LogP contribution >= 0.6 is 15.9 Å². The topological polar surface area (TPSA) is 50.8 Å². The van der Waals surface area contributed by atoms with Crippen molar-refractivity contribution in [3.63, 3.8) is 0 Å². The van der Waals surface area contributed by atoms with Gasteiger partial charge in [0.1, 0.15) is 17.1 Å². The van der Waals surface area contributed by atoms with Gasteiger partial charge in [0.25, 0.3) is 5.91 Å². The van der Waals surface area contributed by atoms with Gasteiger partial charge in [-0.1, -0.05) is 6.92 Å². The Kier molecular flexibility index (Phi) is 6.72. The molecule has 0 radical (unpaired) electrons. The predicted molar refractivity (Wildman–Crippen MR) is 94.5 cm³/mol. The molecular weight excluding hydrogens is 360 g/mol. The van der Waals surface area contributed by atoms with Crippen LogP contribution in [0.2, 0.25) is 0 Å². The van der Waals surface area contributed by atoms with Gasteiger partial charge in [0.15, 0.2) is 0 Å². The summed E-state index contributed by atoms with van der Waals surface area (Å²) in [6, 6.07) is 4.00. The number of hydrogen-bond donors (Lipinski definition) is 1. The number of benzene rings is 1. The third-order valence-electron chi connectivity index (χ3n) is 4.23. The van der Waals surface area contributed by atoms with Crippen LogP contribution in [0.4, 0.5) is 0 Å². The molecule has 1 heterocycles. The average molecular weight is 385 g/mol. The summed E-state index contributed by atoms with van der Waals surface area (Å²) in [5.41, 5.74) is 0.435. The monoisotopic (exact) mass is 384 g/mol. The zero-order valence-corrected chi connectivity index (χ0v) is 15.6. The van der Waals surface area contributed by atoms with Crippen LogP contribution in [0.3, 0.4) is 0 Å². The maximum atomic E-state index is 12.7. The van der Waals surface area contributed by atoms with Crippen molar-refractivity contribution in [2.45, 2.75) is 32.2 Å². The number of halogens is 1. The summed E-state index contributed by atoms with van der Waals surface area (Å²) in [5.74, 6) is 0.849. The van der Waals surface area contributed by atoms with Crippen molar-refractivity contribution in [3.8, 4) is 11.5 Å². The van der Waals surface area contributed by atoms with E-state index in [0.29, 0.717) is 29.6 Å². The number of rotatable bonds is 7. The van der Waals surface area contributed by atoms with Crippen LogP contribution in [0.15, 0.2) is 16.6 Å². The zero-order chi connectivity index (χ0) is 16.8. The SMILES string of the molecule is CCCN1CCC[C@H]1CNC(=O)c1c(OC)ccc(Br)c1OC. The van der Waals surface area contributed by atoms with Gasteiger partial charge in [0, 0.05) is 12.6 Å². The van der Waals surface area contributed by atoms with Gasteiger partial charge in [-0.3, -0.25) is 9.69 Å². The van der Waals surface area contributed by atoms with Crippen molar-refractivity contribution in [2.75, 3.05) is 33.9 Å². The Hall–Kier alpha value is -1.27. The van der Waals surface area contributed by atoms with Gasteiger partial charge in [-0.15, -0.1) is 0 Å². The molecule has 2 rings (SSSR count). The highest BCUT2D eigenvalue weighted by Gasteiger charge is 2.26. The number of hydrogen-bond acceptors (Lipinski definition) is 4. The second-order valence-corrected chi connectivity index (χ2v) is 6.55. The molecule has 0 aliphatic carbocycles. The van der Waals surface area contributed by atoms with Gasteiger partial charge < -0.3 is 14.8 Å². The Morgan fingerprint density at radius 3 is 2.83 bits per heavy atom. The molecule has 1 aromatic carbocycles. The van der Waals surface area contributed by atoms with Gasteiger partial charge in [0.05, 0.1) is 18.7 Å². The van der Waals surface area contributed by atoms with Crippen LogP contribution in [-0.2, 0) is 0 Å². The Bertz CT molecular complexity index is 551. The van der Waals surface area contributed by atoms with E-state index in [9.17, 15) is 4.79 Å². The second-order valence-electron chi connectivity index (χ2n) is 5.70. The van der Waals surface area contributed by atoms with Crippen molar-refractivity contribution in [3.05, 3.63) is 22.2 Å². The summed E-state index contributed by atoms with van der Waals surface area (Å²) in [7, 11) is 3.11. The van der Waals surface area contributed by atoms with Crippen LogP contribution in [0.5, 0.6) is 11.5 Å². The molecule has 0 bridgehead atoms. The Morgan fingerprint density at radius 1 is 1.39 bits per heavy atom. The van der Waals surface area contributed by atoms with E-state index < -0.39 is 0 Å². The number of likely N-dealkylation sites (tertiary alicyclic amines) is 1. The van der Waals surface area contributed by atoms with Crippen LogP contribution in [0, 0.1) is 0 Å². The number of amides is 1. The van der Waals surface area contributed by atoms with Crippen molar-refractivity contribution in [2.24, 2.45) is 0 Å². The number of methoxy groups -OCH3 is 2. The van der Waals surface area contributed by atoms with E-state index in [-0.39, 0.29) is 5.91 Å². The van der Waals surface area contributed by atoms with E-state index in [1.165, 1.54) is 6.42 Å². The number of ether oxygens (including phenoxy) is 2. The highest BCUT2D eigenvalue weighted by molar-refractivity contribution is 9.10. The summed E-state index contributed by atoms with van der Waals surface area (Å²) in [4.78, 5) is 15.1. The third-order valence-corrected chi connectivity index (χ3v) is 4.86. The van der Waals surface area contributed by atoms with Crippen molar-refractivity contribution in [1.29, 1.82) is 0 Å². The molecule has 1 aliphatic heterocycles. The first-order chi connectivity index (χ1) is 11.1.